The summed E-state index contributed by atoms with van der Waals surface area (Å²) in [5.41, 5.74) is 4.86. The molecule has 3 aliphatic heterocycles. The Kier molecular flexibility index (Phi) is 6.43. The van der Waals surface area contributed by atoms with Gasteiger partial charge < -0.3 is 19.6 Å². The number of likely N-dealkylation sites (tertiary alicyclic amines) is 2. The number of rotatable bonds is 6. The maximum absolute atomic E-state index is 13.1. The first-order chi connectivity index (χ1) is 21.3. The molecule has 4 aromatic rings. The molecular weight excluding hydrogens is 570 g/mol. The molecule has 44 heavy (non-hydrogen) atoms. The van der Waals surface area contributed by atoms with E-state index in [2.05, 4.69) is 62.5 Å². The summed E-state index contributed by atoms with van der Waals surface area (Å²) in [5, 5.41) is 16.6. The van der Waals surface area contributed by atoms with Crippen LogP contribution in [0.1, 0.15) is 42.2 Å². The summed E-state index contributed by atoms with van der Waals surface area (Å²) < 4.78 is 2.11. The van der Waals surface area contributed by atoms with Crippen LogP contribution in [0.15, 0.2) is 36.5 Å². The zero-order chi connectivity index (χ0) is 30.2. The largest absolute Gasteiger partial charge is 0.369 e. The molecule has 1 saturated carbocycles. The van der Waals surface area contributed by atoms with Crippen molar-refractivity contribution in [2.75, 3.05) is 63.2 Å². The minimum atomic E-state index is 0.194. The van der Waals surface area contributed by atoms with E-state index in [0.717, 1.165) is 104 Å². The Balaban J connectivity index is 1.03. The number of nitriles is 1. The van der Waals surface area contributed by atoms with Gasteiger partial charge in [0, 0.05) is 50.1 Å². The number of amides is 1. The molecule has 1 spiro atoms. The molecular formula is C33H37N9OS. The zero-order valence-electron chi connectivity index (χ0n) is 25.5. The number of carbonyl (C=O) groups is 1. The van der Waals surface area contributed by atoms with Gasteiger partial charge in [-0.2, -0.15) is 10.4 Å². The van der Waals surface area contributed by atoms with Crippen molar-refractivity contribution in [1.82, 2.24) is 29.5 Å². The molecule has 1 aliphatic carbocycles. The summed E-state index contributed by atoms with van der Waals surface area (Å²) >= 11 is 1.41. The number of carbonyl (C=O) groups excluding carboxylic acids is 1. The van der Waals surface area contributed by atoms with E-state index in [-0.39, 0.29) is 11.3 Å². The summed E-state index contributed by atoms with van der Waals surface area (Å²) in [7, 11) is 4.16. The van der Waals surface area contributed by atoms with E-state index in [4.69, 9.17) is 15.1 Å². The second kappa shape index (κ2) is 10.3. The highest BCUT2D eigenvalue weighted by Gasteiger charge is 2.54. The quantitative estimate of drug-likeness (QED) is 0.308. The highest BCUT2D eigenvalue weighted by Crippen LogP contribution is 2.46. The molecule has 0 atom stereocenters. The zero-order valence-corrected chi connectivity index (χ0v) is 26.3. The van der Waals surface area contributed by atoms with E-state index in [9.17, 15) is 10.1 Å². The minimum absolute atomic E-state index is 0.194. The Morgan fingerprint density at radius 3 is 2.50 bits per heavy atom. The third-order valence-corrected chi connectivity index (χ3v) is 10.9. The van der Waals surface area contributed by atoms with Gasteiger partial charge in [-0.25, -0.2) is 14.6 Å². The molecule has 3 saturated heterocycles. The van der Waals surface area contributed by atoms with Crippen LogP contribution < -0.4 is 9.80 Å². The third-order valence-electron chi connectivity index (χ3n) is 9.90. The second-order valence-corrected chi connectivity index (χ2v) is 14.4. The van der Waals surface area contributed by atoms with Crippen molar-refractivity contribution in [2.45, 2.75) is 38.6 Å². The second-order valence-electron chi connectivity index (χ2n) is 13.4. The number of benzene rings is 1. The van der Waals surface area contributed by atoms with Gasteiger partial charge in [0.05, 0.1) is 23.3 Å². The number of pyridine rings is 1. The van der Waals surface area contributed by atoms with Crippen LogP contribution in [0.3, 0.4) is 0 Å². The third kappa shape index (κ3) is 4.63. The number of piperidine rings is 1. The lowest BCUT2D eigenvalue weighted by Gasteiger charge is -2.61. The maximum Gasteiger partial charge on any atom is 0.225 e. The number of hydrogen-bond donors (Lipinski definition) is 0. The number of hydrogen-bond acceptors (Lipinski definition) is 9. The fraction of sp³-hybridized carbons (Fsp3) is 0.485. The lowest BCUT2D eigenvalue weighted by molar-refractivity contribution is -0.151. The summed E-state index contributed by atoms with van der Waals surface area (Å²) in [6.07, 6.45) is 6.09. The van der Waals surface area contributed by atoms with Crippen molar-refractivity contribution in [3.8, 4) is 17.3 Å². The molecule has 0 N–H and O–H groups in total. The monoisotopic (exact) mass is 607 g/mol. The van der Waals surface area contributed by atoms with Gasteiger partial charge in [0.25, 0.3) is 0 Å². The predicted octanol–water partition coefficient (Wildman–Crippen LogP) is 4.83. The first kappa shape index (κ1) is 27.5. The van der Waals surface area contributed by atoms with Crippen LogP contribution in [0.4, 0.5) is 16.6 Å². The molecule has 6 heterocycles. The molecule has 10 nitrogen and oxygen atoms in total. The average molecular weight is 608 g/mol. The Bertz CT molecular complexity index is 1780. The predicted molar refractivity (Wildman–Crippen MR) is 172 cm³/mol. The summed E-state index contributed by atoms with van der Waals surface area (Å²) in [6, 6.07) is 13.1. The highest BCUT2D eigenvalue weighted by molar-refractivity contribution is 7.16. The Hall–Kier alpha value is -4.01. The SMILES string of the molecule is Cc1ccc(-c2nc(N(C)c3c4cc(N5CC6(CN(C(=O)C7CCN(C)CC7)C6)C5)cnc4nn3C3CC3)sc2C#N)cc1. The van der Waals surface area contributed by atoms with E-state index < -0.39 is 0 Å². The molecule has 4 aliphatic rings. The van der Waals surface area contributed by atoms with Crippen LogP contribution >= 0.6 is 11.3 Å². The molecule has 0 bridgehead atoms. The summed E-state index contributed by atoms with van der Waals surface area (Å²) in [6.45, 7) is 7.71. The number of aryl methyl sites for hydroxylation is 1. The van der Waals surface area contributed by atoms with Gasteiger partial charge in [0.2, 0.25) is 5.91 Å². The van der Waals surface area contributed by atoms with Gasteiger partial charge in [-0.15, -0.1) is 0 Å². The van der Waals surface area contributed by atoms with Crippen LogP contribution in [0.5, 0.6) is 0 Å². The normalized spacial score (nSPS) is 20.0. The molecule has 3 aromatic heterocycles. The lowest BCUT2D eigenvalue weighted by atomic mass is 9.72. The van der Waals surface area contributed by atoms with Crippen molar-refractivity contribution in [3.63, 3.8) is 0 Å². The van der Waals surface area contributed by atoms with Crippen molar-refractivity contribution >= 4 is 44.9 Å². The fourth-order valence-corrected chi connectivity index (χ4v) is 8.00. The van der Waals surface area contributed by atoms with Gasteiger partial charge in [-0.3, -0.25) is 4.79 Å². The number of anilines is 3. The van der Waals surface area contributed by atoms with Crippen molar-refractivity contribution < 1.29 is 4.79 Å². The van der Waals surface area contributed by atoms with Crippen molar-refractivity contribution in [1.29, 1.82) is 5.26 Å². The molecule has 4 fully saturated rings. The van der Waals surface area contributed by atoms with Crippen LogP contribution in [-0.4, -0.2) is 88.8 Å². The van der Waals surface area contributed by atoms with Crippen LogP contribution in [0, 0.1) is 29.6 Å². The number of thiazole rings is 1. The van der Waals surface area contributed by atoms with E-state index >= 15 is 0 Å². The van der Waals surface area contributed by atoms with E-state index in [1.165, 1.54) is 16.9 Å². The number of nitrogens with zero attached hydrogens (tertiary/aromatic N) is 9. The summed E-state index contributed by atoms with van der Waals surface area (Å²) in [4.78, 5) is 32.3. The molecule has 0 unspecified atom stereocenters. The van der Waals surface area contributed by atoms with E-state index in [1.54, 1.807) is 0 Å². The van der Waals surface area contributed by atoms with Gasteiger partial charge in [0.15, 0.2) is 10.8 Å². The van der Waals surface area contributed by atoms with Gasteiger partial charge >= 0.3 is 0 Å². The fourth-order valence-electron chi connectivity index (χ4n) is 7.15. The Morgan fingerprint density at radius 2 is 1.82 bits per heavy atom. The Morgan fingerprint density at radius 1 is 1.09 bits per heavy atom. The van der Waals surface area contributed by atoms with Gasteiger partial charge in [-0.05, 0) is 58.8 Å². The van der Waals surface area contributed by atoms with Crippen LogP contribution in [0.2, 0.25) is 0 Å². The van der Waals surface area contributed by atoms with Crippen molar-refractivity contribution in [3.05, 3.63) is 47.0 Å². The molecule has 1 aromatic carbocycles. The first-order valence-electron chi connectivity index (χ1n) is 15.6. The Labute approximate surface area is 261 Å². The molecule has 8 rings (SSSR count). The highest BCUT2D eigenvalue weighted by atomic mass is 32.1. The van der Waals surface area contributed by atoms with E-state index in [1.807, 2.05) is 25.4 Å². The molecule has 11 heteroatoms. The topological polar surface area (TPSA) is 97.4 Å². The van der Waals surface area contributed by atoms with Gasteiger partial charge in [-0.1, -0.05) is 41.2 Å². The standard InChI is InChI=1S/C33H37N9OS/c1-21-4-6-22(7-5-21)28-27(15-34)44-32(36-28)39(3)30-26-14-25(16-35-29(26)37-42(30)24-8-9-24)40-17-33(18-40)19-41(20-33)31(43)23-10-12-38(2)13-11-23/h4-7,14,16,23-24H,8-13,17-20H2,1-3H3. The van der Waals surface area contributed by atoms with Gasteiger partial charge in [0.1, 0.15) is 22.5 Å². The summed E-state index contributed by atoms with van der Waals surface area (Å²) in [5.74, 6) is 1.52. The smallest absolute Gasteiger partial charge is 0.225 e. The van der Waals surface area contributed by atoms with Crippen molar-refractivity contribution in [2.24, 2.45) is 11.3 Å². The van der Waals surface area contributed by atoms with E-state index in [0.29, 0.717) is 16.8 Å². The molecule has 0 radical (unpaired) electrons. The lowest BCUT2D eigenvalue weighted by Crippen LogP contribution is -2.73. The minimum Gasteiger partial charge on any atom is -0.369 e. The first-order valence-corrected chi connectivity index (χ1v) is 16.4. The van der Waals surface area contributed by atoms with Crippen LogP contribution in [0.25, 0.3) is 22.3 Å². The molecule has 226 valence electrons. The number of fused-ring (bicyclic) bond motifs is 1. The maximum atomic E-state index is 13.1. The van der Waals surface area contributed by atoms with Crippen LogP contribution in [-0.2, 0) is 4.79 Å². The average Bonchev–Trinajstić information content (AvgIpc) is 3.63. The number of aromatic nitrogens is 4. The molecule has 1 amide bonds.